The van der Waals surface area contributed by atoms with Crippen molar-refractivity contribution < 1.29 is 4.79 Å². The summed E-state index contributed by atoms with van der Waals surface area (Å²) in [5.41, 5.74) is 5.37. The van der Waals surface area contributed by atoms with Crippen LogP contribution in [0.2, 0.25) is 0 Å². The number of nitrogens with one attached hydrogen (secondary N) is 1. The van der Waals surface area contributed by atoms with Gasteiger partial charge in [0.15, 0.2) is 0 Å². The van der Waals surface area contributed by atoms with E-state index in [1.165, 1.54) is 57.8 Å². The van der Waals surface area contributed by atoms with E-state index in [0.29, 0.717) is 0 Å². The summed E-state index contributed by atoms with van der Waals surface area (Å²) in [4.78, 5) is 11.2. The topological polar surface area (TPSA) is 55.1 Å². The Balaban J connectivity index is 3.29. The molecule has 0 fully saturated rings. The van der Waals surface area contributed by atoms with Crippen LogP contribution in [0.3, 0.4) is 0 Å². The van der Waals surface area contributed by atoms with Gasteiger partial charge in [-0.15, -0.1) is 0 Å². The number of carbonyl (C=O) groups excluding carboxylic acids is 1. The minimum atomic E-state index is -0.230. The monoisotopic (exact) mass is 284 g/mol. The molecule has 1 unspecified atom stereocenters. The van der Waals surface area contributed by atoms with Gasteiger partial charge in [0.2, 0.25) is 5.91 Å². The minimum Gasteiger partial charge on any atom is -0.368 e. The van der Waals surface area contributed by atoms with Crippen molar-refractivity contribution in [1.29, 1.82) is 0 Å². The number of amides is 1. The van der Waals surface area contributed by atoms with Crippen LogP contribution < -0.4 is 11.1 Å². The molecule has 3 heteroatoms. The summed E-state index contributed by atoms with van der Waals surface area (Å²) in [6.07, 6.45) is 13.4. The molecule has 0 bridgehead atoms. The van der Waals surface area contributed by atoms with Gasteiger partial charge in [-0.3, -0.25) is 4.79 Å². The zero-order valence-electron chi connectivity index (χ0n) is 13.9. The van der Waals surface area contributed by atoms with Gasteiger partial charge < -0.3 is 11.1 Å². The summed E-state index contributed by atoms with van der Waals surface area (Å²) in [6, 6.07) is -0.173. The van der Waals surface area contributed by atoms with Gasteiger partial charge in [0.25, 0.3) is 0 Å². The zero-order valence-corrected chi connectivity index (χ0v) is 13.9. The Morgan fingerprint density at radius 2 is 1.35 bits per heavy atom. The molecule has 0 radical (unpaired) electrons. The van der Waals surface area contributed by atoms with Crippen LogP contribution in [0.5, 0.6) is 0 Å². The Morgan fingerprint density at radius 3 is 1.75 bits per heavy atom. The maximum Gasteiger partial charge on any atom is 0.234 e. The number of rotatable bonds is 14. The molecule has 3 nitrogen and oxygen atoms in total. The molecule has 1 atom stereocenters. The van der Waals surface area contributed by atoms with Crippen LogP contribution in [0.15, 0.2) is 0 Å². The number of carbonyl (C=O) groups is 1. The van der Waals surface area contributed by atoms with Crippen molar-refractivity contribution >= 4 is 5.91 Å². The van der Waals surface area contributed by atoms with Crippen LogP contribution >= 0.6 is 0 Å². The maximum absolute atomic E-state index is 11.2. The van der Waals surface area contributed by atoms with E-state index in [1.54, 1.807) is 0 Å². The maximum atomic E-state index is 11.2. The van der Waals surface area contributed by atoms with Gasteiger partial charge in [-0.25, -0.2) is 0 Å². The standard InChI is InChI=1S/C17H36N2O/c1-4-5-6-7-8-9-10-11-12-13-14-19-16(15(2)3)17(18)20/h15-16,19H,4-14H2,1-3H3,(H2,18,20). The first kappa shape index (κ1) is 19.4. The van der Waals surface area contributed by atoms with E-state index in [9.17, 15) is 4.79 Å². The smallest absolute Gasteiger partial charge is 0.234 e. The van der Waals surface area contributed by atoms with Crippen LogP contribution in [0, 0.1) is 5.92 Å². The Bertz CT molecular complexity index is 229. The van der Waals surface area contributed by atoms with Crippen molar-refractivity contribution in [3.63, 3.8) is 0 Å². The number of hydrogen-bond donors (Lipinski definition) is 2. The zero-order chi connectivity index (χ0) is 15.2. The third-order valence-electron chi connectivity index (χ3n) is 3.87. The first-order valence-corrected chi connectivity index (χ1v) is 8.62. The largest absolute Gasteiger partial charge is 0.368 e. The van der Waals surface area contributed by atoms with Crippen molar-refractivity contribution in [2.45, 2.75) is 91.0 Å². The summed E-state index contributed by atoms with van der Waals surface area (Å²) in [6.45, 7) is 7.22. The van der Waals surface area contributed by atoms with E-state index < -0.39 is 0 Å². The van der Waals surface area contributed by atoms with E-state index in [2.05, 4.69) is 12.2 Å². The average molecular weight is 284 g/mol. The van der Waals surface area contributed by atoms with Gasteiger partial charge in [-0.2, -0.15) is 0 Å². The lowest BCUT2D eigenvalue weighted by molar-refractivity contribution is -0.121. The van der Waals surface area contributed by atoms with Gasteiger partial charge in [0.1, 0.15) is 0 Å². The average Bonchev–Trinajstić information content (AvgIpc) is 2.39. The lowest BCUT2D eigenvalue weighted by atomic mass is 10.0. The van der Waals surface area contributed by atoms with Crippen LogP contribution in [-0.4, -0.2) is 18.5 Å². The second-order valence-electron chi connectivity index (χ2n) is 6.26. The van der Waals surface area contributed by atoms with E-state index in [4.69, 9.17) is 5.73 Å². The summed E-state index contributed by atoms with van der Waals surface area (Å²) >= 11 is 0. The van der Waals surface area contributed by atoms with Crippen molar-refractivity contribution in [2.75, 3.05) is 6.54 Å². The fraction of sp³-hybridized carbons (Fsp3) is 0.941. The Kier molecular flexibility index (Phi) is 13.0. The van der Waals surface area contributed by atoms with Crippen molar-refractivity contribution in [3.8, 4) is 0 Å². The van der Waals surface area contributed by atoms with Crippen LogP contribution in [0.25, 0.3) is 0 Å². The normalized spacial score (nSPS) is 12.8. The number of hydrogen-bond acceptors (Lipinski definition) is 2. The lowest BCUT2D eigenvalue weighted by Gasteiger charge is -2.18. The summed E-state index contributed by atoms with van der Waals surface area (Å²) in [7, 11) is 0. The SMILES string of the molecule is CCCCCCCCCCCCNC(C(N)=O)C(C)C. The third kappa shape index (κ3) is 11.3. The molecule has 3 N–H and O–H groups in total. The highest BCUT2D eigenvalue weighted by Gasteiger charge is 2.17. The minimum absolute atomic E-state index is 0.173. The predicted molar refractivity (Wildman–Crippen MR) is 87.7 cm³/mol. The van der Waals surface area contributed by atoms with E-state index >= 15 is 0 Å². The molecular formula is C17H36N2O. The highest BCUT2D eigenvalue weighted by molar-refractivity contribution is 5.80. The molecule has 0 saturated heterocycles. The Hall–Kier alpha value is -0.570. The highest BCUT2D eigenvalue weighted by Crippen LogP contribution is 2.10. The third-order valence-corrected chi connectivity index (χ3v) is 3.87. The highest BCUT2D eigenvalue weighted by atomic mass is 16.1. The van der Waals surface area contributed by atoms with Crippen molar-refractivity contribution in [1.82, 2.24) is 5.32 Å². The van der Waals surface area contributed by atoms with Gasteiger partial charge in [0, 0.05) is 0 Å². The molecule has 0 heterocycles. The molecule has 0 aliphatic heterocycles. The number of unbranched alkanes of at least 4 members (excludes halogenated alkanes) is 9. The predicted octanol–water partition coefficient (Wildman–Crippen LogP) is 4.01. The van der Waals surface area contributed by atoms with Gasteiger partial charge in [-0.1, -0.05) is 78.6 Å². The van der Waals surface area contributed by atoms with Gasteiger partial charge in [-0.05, 0) is 18.9 Å². The fourth-order valence-electron chi connectivity index (χ4n) is 2.53. The van der Waals surface area contributed by atoms with E-state index in [0.717, 1.165) is 13.0 Å². The Labute approximate surface area is 126 Å². The lowest BCUT2D eigenvalue weighted by Crippen LogP contribution is -2.45. The molecule has 0 aliphatic rings. The summed E-state index contributed by atoms with van der Waals surface area (Å²) < 4.78 is 0. The molecule has 0 rings (SSSR count). The molecular weight excluding hydrogens is 248 g/mol. The van der Waals surface area contributed by atoms with E-state index in [1.807, 2.05) is 13.8 Å². The molecule has 0 saturated carbocycles. The van der Waals surface area contributed by atoms with Gasteiger partial charge >= 0.3 is 0 Å². The van der Waals surface area contributed by atoms with Crippen molar-refractivity contribution in [3.05, 3.63) is 0 Å². The molecule has 120 valence electrons. The van der Waals surface area contributed by atoms with Crippen molar-refractivity contribution in [2.24, 2.45) is 11.7 Å². The molecule has 0 aromatic heterocycles. The van der Waals surface area contributed by atoms with E-state index in [-0.39, 0.29) is 17.9 Å². The fourth-order valence-corrected chi connectivity index (χ4v) is 2.53. The molecule has 0 aromatic rings. The second-order valence-corrected chi connectivity index (χ2v) is 6.26. The van der Waals surface area contributed by atoms with Crippen LogP contribution in [0.1, 0.15) is 85.0 Å². The number of nitrogens with two attached hydrogens (primary N) is 1. The van der Waals surface area contributed by atoms with Gasteiger partial charge in [0.05, 0.1) is 6.04 Å². The quantitative estimate of drug-likeness (QED) is 0.474. The molecule has 1 amide bonds. The number of primary amides is 1. The molecule has 0 aromatic carbocycles. The molecule has 0 aliphatic carbocycles. The molecule has 0 spiro atoms. The molecule has 20 heavy (non-hydrogen) atoms. The first-order valence-electron chi connectivity index (χ1n) is 8.62. The summed E-state index contributed by atoms with van der Waals surface area (Å²) in [5.74, 6) is 0.0442. The van der Waals surface area contributed by atoms with Crippen LogP contribution in [-0.2, 0) is 4.79 Å². The second kappa shape index (κ2) is 13.4. The summed E-state index contributed by atoms with van der Waals surface area (Å²) in [5, 5.41) is 3.27. The van der Waals surface area contributed by atoms with Crippen LogP contribution in [0.4, 0.5) is 0 Å². The first-order chi connectivity index (χ1) is 9.59. The Morgan fingerprint density at radius 1 is 0.900 bits per heavy atom.